The number of nitrogens with two attached hydrogens (primary N) is 1. The molecule has 0 aliphatic rings. The van der Waals surface area contributed by atoms with E-state index < -0.39 is 0 Å². The number of benzene rings is 1. The molecule has 4 nitrogen and oxygen atoms in total. The molecule has 0 aromatic heterocycles. The fourth-order valence-corrected chi connectivity index (χ4v) is 1.61. The number of rotatable bonds is 6. The second-order valence-electron chi connectivity index (χ2n) is 3.76. The van der Waals surface area contributed by atoms with Crippen LogP contribution in [0.1, 0.15) is 25.3 Å². The highest BCUT2D eigenvalue weighted by Gasteiger charge is 2.10. The Labute approximate surface area is 97.1 Å². The summed E-state index contributed by atoms with van der Waals surface area (Å²) < 4.78 is 5.32. The molecule has 0 unspecified atom stereocenters. The highest BCUT2D eigenvalue weighted by atomic mass is 16.5. The largest absolute Gasteiger partial charge is 0.495 e. The lowest BCUT2D eigenvalue weighted by molar-refractivity contribution is 0.416. The maximum atomic E-state index is 5.53. The number of hydrogen-bond donors (Lipinski definition) is 3. The molecule has 1 rings (SSSR count). The summed E-state index contributed by atoms with van der Waals surface area (Å²) in [5, 5.41) is 3.36. The highest BCUT2D eigenvalue weighted by Crippen LogP contribution is 2.34. The Morgan fingerprint density at radius 2 is 2.06 bits per heavy atom. The summed E-state index contributed by atoms with van der Waals surface area (Å²) in [7, 11) is 1.66. The smallest absolute Gasteiger partial charge is 0.144 e. The number of hydrogen-bond acceptors (Lipinski definition) is 4. The zero-order valence-electron chi connectivity index (χ0n) is 10.3. The first-order valence-electron chi connectivity index (χ1n) is 5.62. The Bertz CT molecular complexity index is 339. The second-order valence-corrected chi connectivity index (χ2v) is 3.76. The molecule has 4 N–H and O–H groups in total. The molecule has 0 heterocycles. The number of aryl methyl sites for hydroxylation is 1. The van der Waals surface area contributed by atoms with Gasteiger partial charge >= 0.3 is 0 Å². The molecule has 16 heavy (non-hydrogen) atoms. The number of anilines is 2. The molecule has 0 radical (unpaired) electrons. The predicted molar refractivity (Wildman–Crippen MR) is 68.9 cm³/mol. The molecule has 1 aromatic rings. The van der Waals surface area contributed by atoms with Gasteiger partial charge in [0.25, 0.3) is 0 Å². The van der Waals surface area contributed by atoms with Crippen molar-refractivity contribution in [1.82, 2.24) is 0 Å². The first kappa shape index (κ1) is 12.6. The van der Waals surface area contributed by atoms with Crippen molar-refractivity contribution in [3.8, 4) is 5.75 Å². The zero-order chi connectivity index (χ0) is 12.0. The van der Waals surface area contributed by atoms with Gasteiger partial charge in [0.15, 0.2) is 0 Å². The lowest BCUT2D eigenvalue weighted by Crippen LogP contribution is -2.13. The summed E-state index contributed by atoms with van der Waals surface area (Å²) in [5.41, 5.74) is 5.66. The van der Waals surface area contributed by atoms with E-state index in [2.05, 4.69) is 17.7 Å². The summed E-state index contributed by atoms with van der Waals surface area (Å²) in [6.45, 7) is 5.10. The maximum absolute atomic E-state index is 5.53. The minimum absolute atomic E-state index is 0.814. The van der Waals surface area contributed by atoms with E-state index in [0.29, 0.717) is 0 Å². The van der Waals surface area contributed by atoms with Crippen LogP contribution in [0.25, 0.3) is 0 Å². The first-order valence-corrected chi connectivity index (χ1v) is 5.62. The number of unbranched alkanes of at least 4 members (excludes halogenated alkanes) is 1. The van der Waals surface area contributed by atoms with Crippen molar-refractivity contribution >= 4 is 11.4 Å². The SMILES string of the molecule is CCCCNc1c(OC)ccc(C)c1NN. The van der Waals surface area contributed by atoms with Crippen LogP contribution >= 0.6 is 0 Å². The average Bonchev–Trinajstić information content (AvgIpc) is 2.30. The van der Waals surface area contributed by atoms with Crippen LogP contribution in [0, 0.1) is 6.92 Å². The van der Waals surface area contributed by atoms with E-state index in [4.69, 9.17) is 10.6 Å². The number of nitrogen functional groups attached to an aromatic ring is 1. The van der Waals surface area contributed by atoms with Gasteiger partial charge in [-0.05, 0) is 25.0 Å². The summed E-state index contributed by atoms with van der Waals surface area (Å²) in [5.74, 6) is 6.35. The summed E-state index contributed by atoms with van der Waals surface area (Å²) >= 11 is 0. The number of hydrazine groups is 1. The Morgan fingerprint density at radius 3 is 2.62 bits per heavy atom. The molecular weight excluding hydrogens is 202 g/mol. The minimum Gasteiger partial charge on any atom is -0.495 e. The van der Waals surface area contributed by atoms with Gasteiger partial charge in [0.1, 0.15) is 11.4 Å². The third kappa shape index (κ3) is 2.79. The van der Waals surface area contributed by atoms with Crippen molar-refractivity contribution < 1.29 is 4.74 Å². The van der Waals surface area contributed by atoms with Crippen molar-refractivity contribution in [3.63, 3.8) is 0 Å². The van der Waals surface area contributed by atoms with Crippen LogP contribution in [0.2, 0.25) is 0 Å². The van der Waals surface area contributed by atoms with Gasteiger partial charge < -0.3 is 15.5 Å². The van der Waals surface area contributed by atoms with E-state index in [-0.39, 0.29) is 0 Å². The molecule has 0 atom stereocenters. The van der Waals surface area contributed by atoms with Crippen molar-refractivity contribution in [2.24, 2.45) is 5.84 Å². The third-order valence-electron chi connectivity index (χ3n) is 2.57. The maximum Gasteiger partial charge on any atom is 0.144 e. The van der Waals surface area contributed by atoms with Crippen molar-refractivity contribution in [3.05, 3.63) is 17.7 Å². The predicted octanol–water partition coefficient (Wildman–Crippen LogP) is 2.50. The van der Waals surface area contributed by atoms with Crippen LogP contribution in [0.15, 0.2) is 12.1 Å². The van der Waals surface area contributed by atoms with Crippen molar-refractivity contribution in [2.45, 2.75) is 26.7 Å². The van der Waals surface area contributed by atoms with Crippen LogP contribution in [0.4, 0.5) is 11.4 Å². The van der Waals surface area contributed by atoms with Gasteiger partial charge in [0.05, 0.1) is 12.8 Å². The van der Waals surface area contributed by atoms with Gasteiger partial charge in [-0.25, -0.2) is 0 Å². The number of ether oxygens (including phenoxy) is 1. The molecule has 1 aromatic carbocycles. The number of nitrogens with one attached hydrogen (secondary N) is 2. The van der Waals surface area contributed by atoms with Crippen LogP contribution in [-0.2, 0) is 0 Å². The van der Waals surface area contributed by atoms with Crippen molar-refractivity contribution in [1.29, 1.82) is 0 Å². The topological polar surface area (TPSA) is 59.3 Å². The van der Waals surface area contributed by atoms with E-state index in [1.54, 1.807) is 7.11 Å². The Kier molecular flexibility index (Phi) is 4.92. The molecule has 0 saturated carbocycles. The third-order valence-corrected chi connectivity index (χ3v) is 2.57. The second kappa shape index (κ2) is 6.23. The standard InChI is InChI=1S/C12H21N3O/c1-4-5-8-14-12-10(16-3)7-6-9(2)11(12)15-13/h6-7,14-15H,4-5,8,13H2,1-3H3. The molecule has 4 heteroatoms. The van der Waals surface area contributed by atoms with E-state index in [1.165, 1.54) is 0 Å². The lowest BCUT2D eigenvalue weighted by atomic mass is 10.1. The Hall–Kier alpha value is -1.42. The molecule has 90 valence electrons. The lowest BCUT2D eigenvalue weighted by Gasteiger charge is -2.17. The van der Waals surface area contributed by atoms with Crippen LogP contribution in [0.5, 0.6) is 5.75 Å². The fourth-order valence-electron chi connectivity index (χ4n) is 1.61. The first-order chi connectivity index (χ1) is 7.74. The quantitative estimate of drug-likeness (QED) is 0.394. The van der Waals surface area contributed by atoms with E-state index in [9.17, 15) is 0 Å². The molecule has 0 amide bonds. The molecule has 0 spiro atoms. The van der Waals surface area contributed by atoms with Gasteiger partial charge in [0.2, 0.25) is 0 Å². The Balaban J connectivity index is 2.95. The van der Waals surface area contributed by atoms with E-state index >= 15 is 0 Å². The highest BCUT2D eigenvalue weighted by molar-refractivity contribution is 5.78. The fraction of sp³-hybridized carbons (Fsp3) is 0.500. The monoisotopic (exact) mass is 223 g/mol. The van der Waals surface area contributed by atoms with Gasteiger partial charge in [0, 0.05) is 6.54 Å². The van der Waals surface area contributed by atoms with Gasteiger partial charge in [-0.3, -0.25) is 5.84 Å². The van der Waals surface area contributed by atoms with Gasteiger partial charge in [-0.15, -0.1) is 0 Å². The normalized spacial score (nSPS) is 10.0. The molecule has 0 bridgehead atoms. The molecule has 0 fully saturated rings. The molecule has 0 aliphatic heterocycles. The zero-order valence-corrected chi connectivity index (χ0v) is 10.3. The van der Waals surface area contributed by atoms with Crippen LogP contribution < -0.4 is 21.3 Å². The molecule has 0 aliphatic carbocycles. The molecule has 0 saturated heterocycles. The average molecular weight is 223 g/mol. The van der Waals surface area contributed by atoms with E-state index in [0.717, 1.165) is 42.1 Å². The van der Waals surface area contributed by atoms with Crippen LogP contribution in [0.3, 0.4) is 0 Å². The van der Waals surface area contributed by atoms with Gasteiger partial charge in [-0.1, -0.05) is 19.4 Å². The van der Waals surface area contributed by atoms with Crippen molar-refractivity contribution in [2.75, 3.05) is 24.4 Å². The number of methoxy groups -OCH3 is 1. The molecular formula is C12H21N3O. The summed E-state index contributed by atoms with van der Waals surface area (Å²) in [6, 6.07) is 3.93. The van der Waals surface area contributed by atoms with Gasteiger partial charge in [-0.2, -0.15) is 0 Å². The summed E-state index contributed by atoms with van der Waals surface area (Å²) in [4.78, 5) is 0. The summed E-state index contributed by atoms with van der Waals surface area (Å²) in [6.07, 6.45) is 2.29. The van der Waals surface area contributed by atoms with E-state index in [1.807, 2.05) is 19.1 Å². The Morgan fingerprint density at radius 1 is 1.31 bits per heavy atom. The van der Waals surface area contributed by atoms with Crippen LogP contribution in [-0.4, -0.2) is 13.7 Å². The minimum atomic E-state index is 0.814.